The fraction of sp³-hybridized carbons (Fsp3) is 0.438. The predicted octanol–water partition coefficient (Wildman–Crippen LogP) is 3.56. The van der Waals surface area contributed by atoms with E-state index in [4.69, 9.17) is 10.7 Å². The van der Waals surface area contributed by atoms with Gasteiger partial charge < -0.3 is 5.73 Å². The summed E-state index contributed by atoms with van der Waals surface area (Å²) in [5.74, 6) is 0.510. The molecule has 2 heteroatoms. The predicted molar refractivity (Wildman–Crippen MR) is 77.9 cm³/mol. The summed E-state index contributed by atoms with van der Waals surface area (Å²) in [5.41, 5.74) is 10.5. The van der Waals surface area contributed by atoms with Gasteiger partial charge in [-0.1, -0.05) is 32.0 Å². The molecule has 0 radical (unpaired) electrons. The summed E-state index contributed by atoms with van der Waals surface area (Å²) in [4.78, 5) is 4.81. The van der Waals surface area contributed by atoms with Gasteiger partial charge in [-0.15, -0.1) is 0 Å². The standard InChI is InChI=1S/C16H22N2/c1-11(2)15-8-4-6-14-10-13(7-5-9-17)12(3)18-16(14)15/h4,6,8,10-11H,5,7,9,17H2,1-3H3. The topological polar surface area (TPSA) is 38.9 Å². The first-order valence-corrected chi connectivity index (χ1v) is 6.72. The number of benzene rings is 1. The van der Waals surface area contributed by atoms with E-state index in [2.05, 4.69) is 45.0 Å². The fourth-order valence-corrected chi connectivity index (χ4v) is 2.37. The molecule has 1 aromatic carbocycles. The molecule has 0 spiro atoms. The van der Waals surface area contributed by atoms with Gasteiger partial charge in [-0.2, -0.15) is 0 Å². The SMILES string of the molecule is Cc1nc2c(C(C)C)cccc2cc1CCCN. The van der Waals surface area contributed by atoms with Crippen LogP contribution in [0.15, 0.2) is 24.3 Å². The number of nitrogens with zero attached hydrogens (tertiary/aromatic N) is 1. The quantitative estimate of drug-likeness (QED) is 0.890. The molecule has 2 N–H and O–H groups in total. The lowest BCUT2D eigenvalue weighted by Crippen LogP contribution is -2.03. The van der Waals surface area contributed by atoms with Gasteiger partial charge in [0.2, 0.25) is 0 Å². The zero-order valence-corrected chi connectivity index (χ0v) is 11.5. The highest BCUT2D eigenvalue weighted by Gasteiger charge is 2.09. The molecule has 0 saturated carbocycles. The van der Waals surface area contributed by atoms with E-state index in [1.165, 1.54) is 16.5 Å². The van der Waals surface area contributed by atoms with Crippen LogP contribution in [0.25, 0.3) is 10.9 Å². The van der Waals surface area contributed by atoms with Gasteiger partial charge in [-0.3, -0.25) is 4.98 Å². The van der Waals surface area contributed by atoms with Crippen LogP contribution in [0.4, 0.5) is 0 Å². The first-order chi connectivity index (χ1) is 8.63. The average molecular weight is 242 g/mol. The Labute approximate surface area is 109 Å². The Morgan fingerprint density at radius 2 is 2.06 bits per heavy atom. The summed E-state index contributed by atoms with van der Waals surface area (Å²) in [6, 6.07) is 8.74. The molecule has 2 nitrogen and oxygen atoms in total. The molecular weight excluding hydrogens is 220 g/mol. The number of nitrogens with two attached hydrogens (primary N) is 1. The maximum Gasteiger partial charge on any atom is 0.0739 e. The molecule has 0 fully saturated rings. The van der Waals surface area contributed by atoms with Gasteiger partial charge in [0.05, 0.1) is 5.52 Å². The van der Waals surface area contributed by atoms with E-state index in [0.717, 1.165) is 30.6 Å². The maximum absolute atomic E-state index is 5.58. The Morgan fingerprint density at radius 1 is 1.28 bits per heavy atom. The van der Waals surface area contributed by atoms with Crippen LogP contribution >= 0.6 is 0 Å². The van der Waals surface area contributed by atoms with Gasteiger partial charge in [0.15, 0.2) is 0 Å². The molecule has 0 aliphatic heterocycles. The molecular formula is C16H22N2. The Hall–Kier alpha value is -1.41. The second-order valence-corrected chi connectivity index (χ2v) is 5.20. The molecule has 0 aliphatic carbocycles. The summed E-state index contributed by atoms with van der Waals surface area (Å²) >= 11 is 0. The molecule has 0 saturated heterocycles. The molecule has 0 amide bonds. The van der Waals surface area contributed by atoms with Crippen molar-refractivity contribution in [3.8, 4) is 0 Å². The minimum Gasteiger partial charge on any atom is -0.330 e. The molecule has 2 aromatic rings. The highest BCUT2D eigenvalue weighted by molar-refractivity contribution is 5.83. The van der Waals surface area contributed by atoms with E-state index in [1.54, 1.807) is 0 Å². The van der Waals surface area contributed by atoms with Crippen LogP contribution in [-0.4, -0.2) is 11.5 Å². The van der Waals surface area contributed by atoms with Crippen LogP contribution in [0.1, 0.15) is 43.0 Å². The highest BCUT2D eigenvalue weighted by Crippen LogP contribution is 2.25. The second-order valence-electron chi connectivity index (χ2n) is 5.20. The van der Waals surface area contributed by atoms with Crippen molar-refractivity contribution in [1.82, 2.24) is 4.98 Å². The molecule has 0 atom stereocenters. The lowest BCUT2D eigenvalue weighted by molar-refractivity contribution is 0.822. The van der Waals surface area contributed by atoms with Crippen molar-refractivity contribution in [1.29, 1.82) is 0 Å². The van der Waals surface area contributed by atoms with E-state index < -0.39 is 0 Å². The minimum atomic E-state index is 0.510. The normalized spacial score (nSPS) is 11.4. The highest BCUT2D eigenvalue weighted by atomic mass is 14.7. The van der Waals surface area contributed by atoms with E-state index in [9.17, 15) is 0 Å². The zero-order valence-electron chi connectivity index (χ0n) is 11.5. The number of rotatable bonds is 4. The summed E-state index contributed by atoms with van der Waals surface area (Å²) in [7, 11) is 0. The number of aryl methyl sites for hydroxylation is 2. The van der Waals surface area contributed by atoms with E-state index in [-0.39, 0.29) is 0 Å². The van der Waals surface area contributed by atoms with E-state index in [1.807, 2.05) is 0 Å². The van der Waals surface area contributed by atoms with Crippen molar-refractivity contribution < 1.29 is 0 Å². The first-order valence-electron chi connectivity index (χ1n) is 6.72. The Kier molecular flexibility index (Phi) is 3.97. The fourth-order valence-electron chi connectivity index (χ4n) is 2.37. The molecule has 18 heavy (non-hydrogen) atoms. The molecule has 0 aliphatic rings. The van der Waals surface area contributed by atoms with Gasteiger partial charge >= 0.3 is 0 Å². The van der Waals surface area contributed by atoms with Crippen molar-refractivity contribution >= 4 is 10.9 Å². The van der Waals surface area contributed by atoms with Crippen LogP contribution in [0.5, 0.6) is 0 Å². The molecule has 1 aromatic heterocycles. The molecule has 1 heterocycles. The van der Waals surface area contributed by atoms with Crippen LogP contribution in [-0.2, 0) is 6.42 Å². The molecule has 96 valence electrons. The van der Waals surface area contributed by atoms with Crippen molar-refractivity contribution in [2.75, 3.05) is 6.54 Å². The van der Waals surface area contributed by atoms with Crippen molar-refractivity contribution in [3.63, 3.8) is 0 Å². The van der Waals surface area contributed by atoms with E-state index in [0.29, 0.717) is 5.92 Å². The van der Waals surface area contributed by atoms with Crippen molar-refractivity contribution in [2.45, 2.75) is 39.5 Å². The number of para-hydroxylation sites is 1. The Morgan fingerprint density at radius 3 is 2.72 bits per heavy atom. The maximum atomic E-state index is 5.58. The Balaban J connectivity index is 2.53. The van der Waals surface area contributed by atoms with E-state index >= 15 is 0 Å². The minimum absolute atomic E-state index is 0.510. The first kappa shape index (κ1) is 13.0. The lowest BCUT2D eigenvalue weighted by atomic mass is 9.97. The third kappa shape index (κ3) is 2.54. The van der Waals surface area contributed by atoms with Gasteiger partial charge in [0, 0.05) is 11.1 Å². The van der Waals surface area contributed by atoms with Gasteiger partial charge in [-0.05, 0) is 49.4 Å². The molecule has 0 unspecified atom stereocenters. The van der Waals surface area contributed by atoms with Gasteiger partial charge in [-0.25, -0.2) is 0 Å². The lowest BCUT2D eigenvalue weighted by Gasteiger charge is -2.12. The summed E-state index contributed by atoms with van der Waals surface area (Å²) in [6.45, 7) is 7.27. The number of fused-ring (bicyclic) bond motifs is 1. The van der Waals surface area contributed by atoms with Crippen LogP contribution in [0.3, 0.4) is 0 Å². The summed E-state index contributed by atoms with van der Waals surface area (Å²) in [6.07, 6.45) is 2.05. The third-order valence-electron chi connectivity index (χ3n) is 3.44. The number of pyridine rings is 1. The largest absolute Gasteiger partial charge is 0.330 e. The number of aromatic nitrogens is 1. The van der Waals surface area contributed by atoms with Crippen LogP contribution < -0.4 is 5.73 Å². The number of hydrogen-bond acceptors (Lipinski definition) is 2. The van der Waals surface area contributed by atoms with Gasteiger partial charge in [0.1, 0.15) is 0 Å². The zero-order chi connectivity index (χ0) is 13.1. The van der Waals surface area contributed by atoms with Crippen LogP contribution in [0, 0.1) is 6.92 Å². The van der Waals surface area contributed by atoms with Crippen LogP contribution in [0.2, 0.25) is 0 Å². The van der Waals surface area contributed by atoms with Crippen molar-refractivity contribution in [2.24, 2.45) is 5.73 Å². The average Bonchev–Trinajstić information content (AvgIpc) is 2.35. The number of hydrogen-bond donors (Lipinski definition) is 1. The molecule has 0 bridgehead atoms. The second kappa shape index (κ2) is 5.49. The monoisotopic (exact) mass is 242 g/mol. The Bertz CT molecular complexity index is 544. The summed E-state index contributed by atoms with van der Waals surface area (Å²) in [5, 5.41) is 1.25. The van der Waals surface area contributed by atoms with Crippen molar-refractivity contribution in [3.05, 3.63) is 41.1 Å². The smallest absolute Gasteiger partial charge is 0.0739 e. The summed E-state index contributed by atoms with van der Waals surface area (Å²) < 4.78 is 0. The molecule has 2 rings (SSSR count). The van der Waals surface area contributed by atoms with Gasteiger partial charge in [0.25, 0.3) is 0 Å². The third-order valence-corrected chi connectivity index (χ3v) is 3.44.